The van der Waals surface area contributed by atoms with Gasteiger partial charge in [-0.3, -0.25) is 14.5 Å². The zero-order chi connectivity index (χ0) is 14.3. The highest BCUT2D eigenvalue weighted by atomic mass is 35.5. The lowest BCUT2D eigenvalue weighted by molar-refractivity contribution is 0.153. The van der Waals surface area contributed by atoms with Crippen LogP contribution in [0.4, 0.5) is 8.78 Å². The molecular formula is C12H7ClF2N4O. The molecule has 0 fully saturated rings. The van der Waals surface area contributed by atoms with E-state index in [2.05, 4.69) is 15.2 Å². The Morgan fingerprint density at radius 1 is 1.30 bits per heavy atom. The number of hydrogen-bond donors (Lipinski definition) is 1. The first kappa shape index (κ1) is 12.7. The minimum atomic E-state index is -2.79. The number of aromatic amines is 1. The van der Waals surface area contributed by atoms with Gasteiger partial charge in [-0.1, -0.05) is 17.7 Å². The Bertz CT molecular complexity index is 829. The van der Waals surface area contributed by atoms with Crippen LogP contribution in [0.3, 0.4) is 0 Å². The molecule has 0 saturated carbocycles. The van der Waals surface area contributed by atoms with Crippen LogP contribution >= 0.6 is 11.6 Å². The summed E-state index contributed by atoms with van der Waals surface area (Å²) in [7, 11) is 0. The smallest absolute Gasteiger partial charge is 0.267 e. The molecule has 0 atom stereocenters. The van der Waals surface area contributed by atoms with E-state index < -0.39 is 17.5 Å². The lowest BCUT2D eigenvalue weighted by atomic mass is 10.1. The Morgan fingerprint density at radius 2 is 2.10 bits per heavy atom. The predicted molar refractivity (Wildman–Crippen MR) is 69.5 cm³/mol. The molecule has 0 spiro atoms. The number of nitrogens with zero attached hydrogens (tertiary/aromatic N) is 3. The van der Waals surface area contributed by atoms with Gasteiger partial charge in [0.05, 0.1) is 22.1 Å². The number of halogens is 3. The number of fused-ring (bicyclic) bond motifs is 1. The second kappa shape index (κ2) is 4.68. The predicted octanol–water partition coefficient (Wildman–Crippen LogP) is 2.70. The molecule has 8 heteroatoms. The maximum absolute atomic E-state index is 13.0. The van der Waals surface area contributed by atoms with Crippen LogP contribution in [0, 0.1) is 0 Å². The quantitative estimate of drug-likeness (QED) is 0.791. The van der Waals surface area contributed by atoms with Crippen molar-refractivity contribution >= 4 is 22.5 Å². The molecule has 3 rings (SSSR count). The van der Waals surface area contributed by atoms with E-state index in [4.69, 9.17) is 11.6 Å². The van der Waals surface area contributed by atoms with Gasteiger partial charge < -0.3 is 0 Å². The largest absolute Gasteiger partial charge is 0.268 e. The monoisotopic (exact) mass is 296 g/mol. The number of benzene rings is 1. The molecular weight excluding hydrogens is 290 g/mol. The van der Waals surface area contributed by atoms with Gasteiger partial charge in [0, 0.05) is 11.6 Å². The second-order valence-electron chi connectivity index (χ2n) is 4.02. The van der Waals surface area contributed by atoms with Crippen LogP contribution in [0.25, 0.3) is 16.7 Å². The van der Waals surface area contributed by atoms with Crippen molar-refractivity contribution in [3.8, 4) is 5.82 Å². The number of nitrogens with one attached hydrogen (secondary N) is 1. The Kier molecular flexibility index (Phi) is 2.98. The molecule has 0 aliphatic rings. The molecule has 5 nitrogen and oxygen atoms in total. The maximum Gasteiger partial charge on any atom is 0.267 e. The lowest BCUT2D eigenvalue weighted by Crippen LogP contribution is -2.20. The lowest BCUT2D eigenvalue weighted by Gasteiger charge is -2.08. The zero-order valence-electron chi connectivity index (χ0n) is 9.85. The zero-order valence-corrected chi connectivity index (χ0v) is 10.6. The highest BCUT2D eigenvalue weighted by molar-refractivity contribution is 6.35. The fourth-order valence-corrected chi connectivity index (χ4v) is 2.16. The summed E-state index contributed by atoms with van der Waals surface area (Å²) in [5.74, 6) is 0.338. The fourth-order valence-electron chi connectivity index (χ4n) is 1.96. The van der Waals surface area contributed by atoms with Crippen LogP contribution in [0.15, 0.2) is 35.5 Å². The third kappa shape index (κ3) is 1.87. The summed E-state index contributed by atoms with van der Waals surface area (Å²) in [6.07, 6.45) is -0.126. The van der Waals surface area contributed by atoms with Crippen molar-refractivity contribution in [3.63, 3.8) is 0 Å². The SMILES string of the molecule is O=c1c2c(C(F)F)ccc(Cl)c2ncn1-c1ccn[nH]1. The van der Waals surface area contributed by atoms with E-state index in [-0.39, 0.29) is 15.9 Å². The van der Waals surface area contributed by atoms with Crippen LogP contribution in [0.5, 0.6) is 0 Å². The number of hydrogen-bond acceptors (Lipinski definition) is 3. The van der Waals surface area contributed by atoms with Gasteiger partial charge in [-0.15, -0.1) is 0 Å². The minimum Gasteiger partial charge on any atom is -0.268 e. The Labute approximate surface area is 115 Å². The van der Waals surface area contributed by atoms with E-state index in [9.17, 15) is 13.6 Å². The van der Waals surface area contributed by atoms with Crippen molar-refractivity contribution in [1.82, 2.24) is 19.7 Å². The standard InChI is InChI=1S/C12H7ClF2N4O/c13-7-2-1-6(11(14)15)9-10(7)16-5-19(12(9)20)8-3-4-17-18-8/h1-5,11H,(H,17,18). The molecule has 3 aromatic rings. The van der Waals surface area contributed by atoms with Gasteiger partial charge in [0.15, 0.2) is 0 Å². The Hall–Kier alpha value is -2.28. The first-order valence-electron chi connectivity index (χ1n) is 5.57. The van der Waals surface area contributed by atoms with E-state index in [0.29, 0.717) is 5.82 Å². The van der Waals surface area contributed by atoms with Crippen molar-refractivity contribution < 1.29 is 8.78 Å². The molecule has 0 saturated heterocycles. The van der Waals surface area contributed by atoms with Gasteiger partial charge in [-0.25, -0.2) is 13.8 Å². The Morgan fingerprint density at radius 3 is 2.75 bits per heavy atom. The summed E-state index contributed by atoms with van der Waals surface area (Å²) in [5, 5.41) is 6.24. The molecule has 1 N–H and O–H groups in total. The van der Waals surface area contributed by atoms with E-state index >= 15 is 0 Å². The average molecular weight is 297 g/mol. The second-order valence-corrected chi connectivity index (χ2v) is 4.43. The summed E-state index contributed by atoms with van der Waals surface area (Å²) < 4.78 is 27.2. The molecule has 0 unspecified atom stereocenters. The van der Waals surface area contributed by atoms with Gasteiger partial charge >= 0.3 is 0 Å². The third-order valence-corrected chi connectivity index (χ3v) is 3.18. The third-order valence-electron chi connectivity index (χ3n) is 2.88. The van der Waals surface area contributed by atoms with Crippen LogP contribution in [-0.2, 0) is 0 Å². The number of H-pyrrole nitrogens is 1. The summed E-state index contributed by atoms with van der Waals surface area (Å²) in [5.41, 5.74) is -0.960. The topological polar surface area (TPSA) is 63.6 Å². The van der Waals surface area contributed by atoms with Gasteiger partial charge in [0.1, 0.15) is 12.1 Å². The van der Waals surface area contributed by atoms with E-state index in [1.165, 1.54) is 24.7 Å². The molecule has 20 heavy (non-hydrogen) atoms. The van der Waals surface area contributed by atoms with Crippen molar-refractivity contribution in [1.29, 1.82) is 0 Å². The van der Waals surface area contributed by atoms with Gasteiger partial charge in [-0.05, 0) is 6.07 Å². The molecule has 102 valence electrons. The molecule has 0 aliphatic heterocycles. The molecule has 1 aromatic carbocycles. The van der Waals surface area contributed by atoms with Crippen molar-refractivity contribution in [2.45, 2.75) is 6.43 Å². The van der Waals surface area contributed by atoms with E-state index in [1.807, 2.05) is 0 Å². The van der Waals surface area contributed by atoms with E-state index in [1.54, 1.807) is 0 Å². The van der Waals surface area contributed by atoms with Crippen molar-refractivity contribution in [3.05, 3.63) is 51.7 Å². The van der Waals surface area contributed by atoms with Crippen LogP contribution < -0.4 is 5.56 Å². The first-order chi connectivity index (χ1) is 9.59. The first-order valence-corrected chi connectivity index (χ1v) is 5.95. The molecule has 0 radical (unpaired) electrons. The summed E-state index contributed by atoms with van der Waals surface area (Å²) in [4.78, 5) is 16.4. The molecule has 0 aliphatic carbocycles. The van der Waals surface area contributed by atoms with Crippen LogP contribution in [0.2, 0.25) is 5.02 Å². The molecule has 2 heterocycles. The highest BCUT2D eigenvalue weighted by Gasteiger charge is 2.18. The molecule has 2 aromatic heterocycles. The normalized spacial score (nSPS) is 11.4. The number of rotatable bonds is 2. The van der Waals surface area contributed by atoms with Crippen LogP contribution in [0.1, 0.15) is 12.0 Å². The van der Waals surface area contributed by atoms with Gasteiger partial charge in [0.25, 0.3) is 12.0 Å². The Balaban J connectivity index is 2.42. The fraction of sp³-hybridized carbons (Fsp3) is 0.0833. The maximum atomic E-state index is 13.0. The summed E-state index contributed by atoms with van der Waals surface area (Å²) in [6.45, 7) is 0. The van der Waals surface area contributed by atoms with Crippen molar-refractivity contribution in [2.75, 3.05) is 0 Å². The van der Waals surface area contributed by atoms with E-state index in [0.717, 1.165) is 10.6 Å². The molecule has 0 amide bonds. The number of aromatic nitrogens is 4. The minimum absolute atomic E-state index is 0.0604. The van der Waals surface area contributed by atoms with Gasteiger partial charge in [-0.2, -0.15) is 5.10 Å². The van der Waals surface area contributed by atoms with Crippen molar-refractivity contribution in [2.24, 2.45) is 0 Å². The molecule has 0 bridgehead atoms. The van der Waals surface area contributed by atoms with Gasteiger partial charge in [0.2, 0.25) is 0 Å². The number of alkyl halides is 2. The summed E-state index contributed by atoms with van der Waals surface area (Å²) in [6, 6.07) is 3.97. The van der Waals surface area contributed by atoms with Crippen LogP contribution in [-0.4, -0.2) is 19.7 Å². The highest BCUT2D eigenvalue weighted by Crippen LogP contribution is 2.29. The average Bonchev–Trinajstić information content (AvgIpc) is 2.93. The summed E-state index contributed by atoms with van der Waals surface area (Å²) >= 11 is 5.91.